The summed E-state index contributed by atoms with van der Waals surface area (Å²) >= 11 is 0. The normalized spacial score (nSPS) is 17.3. The van der Waals surface area contributed by atoms with Crippen molar-refractivity contribution in [2.75, 3.05) is 11.5 Å². The molecule has 1 unspecified atom stereocenters. The summed E-state index contributed by atoms with van der Waals surface area (Å²) in [5.41, 5.74) is 0.616. The van der Waals surface area contributed by atoms with Crippen molar-refractivity contribution in [1.29, 1.82) is 0 Å². The molecule has 0 bridgehead atoms. The van der Waals surface area contributed by atoms with Crippen LogP contribution in [0.25, 0.3) is 0 Å². The summed E-state index contributed by atoms with van der Waals surface area (Å²) in [5.74, 6) is -0.428. The Morgan fingerprint density at radius 1 is 1.38 bits per heavy atom. The number of urea groups is 1. The minimum atomic E-state index is -0.966. The van der Waals surface area contributed by atoms with Crippen LogP contribution in [0.15, 0.2) is 46.1 Å². The van der Waals surface area contributed by atoms with Crippen molar-refractivity contribution in [3.63, 3.8) is 0 Å². The van der Waals surface area contributed by atoms with Gasteiger partial charge in [0.2, 0.25) is 0 Å². The number of nitrogens with one attached hydrogen (secondary N) is 1. The van der Waals surface area contributed by atoms with Crippen LogP contribution in [0.3, 0.4) is 0 Å². The second-order valence-electron chi connectivity index (χ2n) is 5.75. The number of halogens is 1. The van der Waals surface area contributed by atoms with Gasteiger partial charge in [-0.3, -0.25) is 0 Å². The molecular weight excluding hydrogens is 341 g/mol. The number of rotatable bonds is 4. The van der Waals surface area contributed by atoms with Crippen molar-refractivity contribution in [2.24, 2.45) is 0 Å². The van der Waals surface area contributed by atoms with Gasteiger partial charge in [-0.15, -0.1) is 0 Å². The molecule has 7 nitrogen and oxygen atoms in total. The van der Waals surface area contributed by atoms with Gasteiger partial charge in [-0.05, 0) is 26.8 Å². The molecule has 0 radical (unpaired) electrons. The van der Waals surface area contributed by atoms with E-state index in [0.29, 0.717) is 11.5 Å². The Morgan fingerprint density at radius 3 is 2.73 bits per heavy atom. The highest BCUT2D eigenvalue weighted by atomic mass is 19.1. The number of carbonyl (C=O) groups is 2. The van der Waals surface area contributed by atoms with Gasteiger partial charge in [0.25, 0.3) is 0 Å². The topological polar surface area (TPSA) is 84.7 Å². The van der Waals surface area contributed by atoms with E-state index in [0.717, 1.165) is 0 Å². The number of allylic oxidation sites excluding steroid dienone is 1. The number of aromatic nitrogens is 1. The second kappa shape index (κ2) is 6.99. The maximum atomic E-state index is 14.3. The van der Waals surface area contributed by atoms with E-state index in [2.05, 4.69) is 10.5 Å². The van der Waals surface area contributed by atoms with Crippen molar-refractivity contribution in [3.05, 3.63) is 58.7 Å². The maximum Gasteiger partial charge on any atom is 0.338 e. The van der Waals surface area contributed by atoms with Crippen LogP contribution in [-0.2, 0) is 9.53 Å². The smallest absolute Gasteiger partial charge is 0.338 e. The molecule has 136 valence electrons. The predicted octanol–water partition coefficient (Wildman–Crippen LogP) is 3.23. The number of esters is 1. The van der Waals surface area contributed by atoms with E-state index in [1.165, 1.54) is 23.1 Å². The first kappa shape index (κ1) is 17.7. The molecule has 1 aliphatic rings. The molecule has 0 fully saturated rings. The van der Waals surface area contributed by atoms with E-state index in [1.807, 2.05) is 0 Å². The number of hydrogen-bond donors (Lipinski definition) is 1. The van der Waals surface area contributed by atoms with E-state index >= 15 is 0 Å². The van der Waals surface area contributed by atoms with Gasteiger partial charge in [0.15, 0.2) is 5.82 Å². The van der Waals surface area contributed by atoms with Crippen molar-refractivity contribution in [3.8, 4) is 0 Å². The minimum absolute atomic E-state index is 0.136. The third kappa shape index (κ3) is 3.05. The summed E-state index contributed by atoms with van der Waals surface area (Å²) in [6.45, 7) is 5.09. The number of hydrogen-bond acceptors (Lipinski definition) is 5. The fourth-order valence-electron chi connectivity index (χ4n) is 2.89. The molecule has 1 aromatic carbocycles. The molecule has 3 rings (SSSR count). The quantitative estimate of drug-likeness (QED) is 0.847. The second-order valence-corrected chi connectivity index (χ2v) is 5.75. The zero-order valence-electron chi connectivity index (χ0n) is 14.6. The number of nitrogens with zero attached hydrogens (tertiary/aromatic N) is 2. The van der Waals surface area contributed by atoms with E-state index < -0.39 is 23.9 Å². The van der Waals surface area contributed by atoms with Gasteiger partial charge in [-0.1, -0.05) is 23.4 Å². The summed E-state index contributed by atoms with van der Waals surface area (Å²) in [6.07, 6.45) is 0. The molecular formula is C18H18FN3O4. The highest BCUT2D eigenvalue weighted by Gasteiger charge is 2.39. The van der Waals surface area contributed by atoms with Gasteiger partial charge in [0, 0.05) is 17.3 Å². The third-order valence-corrected chi connectivity index (χ3v) is 4.04. The Hall–Kier alpha value is -3.16. The average molecular weight is 359 g/mol. The Kier molecular flexibility index (Phi) is 4.75. The maximum absolute atomic E-state index is 14.3. The molecule has 0 saturated heterocycles. The van der Waals surface area contributed by atoms with Crippen LogP contribution >= 0.6 is 0 Å². The fourth-order valence-corrected chi connectivity index (χ4v) is 2.89. The van der Waals surface area contributed by atoms with Gasteiger partial charge in [0.1, 0.15) is 11.6 Å². The van der Waals surface area contributed by atoms with Crippen LogP contribution in [0.5, 0.6) is 0 Å². The van der Waals surface area contributed by atoms with E-state index in [4.69, 9.17) is 9.26 Å². The van der Waals surface area contributed by atoms with Crippen LogP contribution in [0, 0.1) is 12.7 Å². The van der Waals surface area contributed by atoms with Gasteiger partial charge in [-0.2, -0.15) is 0 Å². The molecule has 1 N–H and O–H groups in total. The molecule has 1 aromatic heterocycles. The molecule has 1 aliphatic heterocycles. The molecule has 0 saturated carbocycles. The lowest BCUT2D eigenvalue weighted by molar-refractivity contribution is -0.139. The Morgan fingerprint density at radius 2 is 2.12 bits per heavy atom. The summed E-state index contributed by atoms with van der Waals surface area (Å²) in [5, 5.41) is 6.48. The highest BCUT2D eigenvalue weighted by Crippen LogP contribution is 2.34. The summed E-state index contributed by atoms with van der Waals surface area (Å²) in [7, 11) is 0. The molecule has 8 heteroatoms. The van der Waals surface area contributed by atoms with Crippen LogP contribution in [0.1, 0.15) is 31.2 Å². The van der Waals surface area contributed by atoms with E-state index in [1.54, 1.807) is 32.9 Å². The minimum Gasteiger partial charge on any atom is -0.463 e. The Bertz CT molecular complexity index is 890. The summed E-state index contributed by atoms with van der Waals surface area (Å²) in [6, 6.07) is 6.01. The zero-order chi connectivity index (χ0) is 18.8. The third-order valence-electron chi connectivity index (χ3n) is 4.04. The molecule has 2 aromatic rings. The number of benzene rings is 1. The number of amides is 2. The van der Waals surface area contributed by atoms with Crippen molar-refractivity contribution in [1.82, 2.24) is 10.5 Å². The lowest BCUT2D eigenvalue weighted by Gasteiger charge is -2.34. The Balaban J connectivity index is 2.15. The van der Waals surface area contributed by atoms with Crippen molar-refractivity contribution < 1.29 is 23.2 Å². The SMILES string of the molecule is CCOC(=O)C1=C(C)N(c2cc(C)on2)C(=O)NC1c1ccccc1F. The first-order valence-electron chi connectivity index (χ1n) is 8.10. The van der Waals surface area contributed by atoms with Crippen molar-refractivity contribution >= 4 is 17.8 Å². The first-order chi connectivity index (χ1) is 12.4. The van der Waals surface area contributed by atoms with Crippen LogP contribution in [0.2, 0.25) is 0 Å². The van der Waals surface area contributed by atoms with E-state index in [-0.39, 0.29) is 23.6 Å². The molecule has 26 heavy (non-hydrogen) atoms. The van der Waals surface area contributed by atoms with Gasteiger partial charge < -0.3 is 14.6 Å². The highest BCUT2D eigenvalue weighted by molar-refractivity contribution is 6.02. The van der Waals surface area contributed by atoms with Crippen LogP contribution < -0.4 is 10.2 Å². The van der Waals surface area contributed by atoms with Gasteiger partial charge >= 0.3 is 12.0 Å². The fraction of sp³-hybridized carbons (Fsp3) is 0.278. The summed E-state index contributed by atoms with van der Waals surface area (Å²) in [4.78, 5) is 26.4. The largest absolute Gasteiger partial charge is 0.463 e. The van der Waals surface area contributed by atoms with Gasteiger partial charge in [0.05, 0.1) is 18.2 Å². The molecule has 2 amide bonds. The molecule has 0 spiro atoms. The predicted molar refractivity (Wildman–Crippen MR) is 90.7 cm³/mol. The van der Waals surface area contributed by atoms with Gasteiger partial charge in [-0.25, -0.2) is 18.9 Å². The molecule has 0 aliphatic carbocycles. The van der Waals surface area contributed by atoms with Crippen LogP contribution in [0.4, 0.5) is 15.0 Å². The number of carbonyl (C=O) groups excluding carboxylic acids is 2. The standard InChI is InChI=1S/C18H18FN3O4/c1-4-25-17(23)15-11(3)22(14-9-10(2)26-21-14)18(24)20-16(15)12-7-5-6-8-13(12)19/h5-9,16H,4H2,1-3H3,(H,20,24). The molecule has 2 heterocycles. The lowest BCUT2D eigenvalue weighted by Crippen LogP contribution is -2.48. The first-order valence-corrected chi connectivity index (χ1v) is 8.10. The monoisotopic (exact) mass is 359 g/mol. The number of anilines is 1. The molecule has 1 atom stereocenters. The zero-order valence-corrected chi connectivity index (χ0v) is 14.6. The average Bonchev–Trinajstić information content (AvgIpc) is 3.01. The van der Waals surface area contributed by atoms with Crippen LogP contribution in [-0.4, -0.2) is 23.8 Å². The van der Waals surface area contributed by atoms with Crippen molar-refractivity contribution in [2.45, 2.75) is 26.8 Å². The lowest BCUT2D eigenvalue weighted by atomic mass is 9.94. The number of ether oxygens (including phenoxy) is 1. The Labute approximate surface area is 149 Å². The van der Waals surface area contributed by atoms with E-state index in [9.17, 15) is 14.0 Å². The number of aryl methyl sites for hydroxylation is 1. The summed E-state index contributed by atoms with van der Waals surface area (Å²) < 4.78 is 24.5.